The minimum Gasteiger partial charge on any atom is -0.383 e. The molecule has 0 saturated carbocycles. The molecule has 6 N–H and O–H groups in total. The van der Waals surface area contributed by atoms with E-state index in [9.17, 15) is 13.6 Å². The van der Waals surface area contributed by atoms with Crippen LogP contribution in [0.1, 0.15) is 18.5 Å². The molecule has 1 saturated heterocycles. The summed E-state index contributed by atoms with van der Waals surface area (Å²) >= 11 is 0. The lowest BCUT2D eigenvalue weighted by Gasteiger charge is -2.42. The van der Waals surface area contributed by atoms with Gasteiger partial charge in [0.15, 0.2) is 0 Å². The van der Waals surface area contributed by atoms with Gasteiger partial charge < -0.3 is 22.1 Å². The van der Waals surface area contributed by atoms with Crippen LogP contribution < -0.4 is 22.1 Å². The van der Waals surface area contributed by atoms with Gasteiger partial charge in [0.2, 0.25) is 5.95 Å². The number of aromatic nitrogens is 2. The number of pyridine rings is 2. The van der Waals surface area contributed by atoms with Gasteiger partial charge in [-0.2, -0.15) is 4.39 Å². The fourth-order valence-electron chi connectivity index (χ4n) is 3.74. The maximum absolute atomic E-state index is 13.3. The second kappa shape index (κ2) is 10.9. The monoisotopic (exact) mass is 458 g/mol. The van der Waals surface area contributed by atoms with Crippen LogP contribution in [0.4, 0.5) is 14.5 Å². The van der Waals surface area contributed by atoms with Gasteiger partial charge in [-0.3, -0.25) is 14.7 Å². The molecule has 9 nitrogen and oxygen atoms in total. The molecule has 0 unspecified atom stereocenters. The Kier molecular flexibility index (Phi) is 8.01. The van der Waals surface area contributed by atoms with Gasteiger partial charge in [0, 0.05) is 44.6 Å². The summed E-state index contributed by atoms with van der Waals surface area (Å²) in [6.07, 6.45) is 5.49. The highest BCUT2D eigenvalue weighted by Gasteiger charge is 2.33. The van der Waals surface area contributed by atoms with Crippen molar-refractivity contribution in [1.82, 2.24) is 25.5 Å². The summed E-state index contributed by atoms with van der Waals surface area (Å²) in [5.41, 5.74) is 12.2. The van der Waals surface area contributed by atoms with Crippen molar-refractivity contribution in [1.29, 1.82) is 0 Å². The second-order valence-corrected chi connectivity index (χ2v) is 7.95. The van der Waals surface area contributed by atoms with Crippen LogP contribution in [0.3, 0.4) is 0 Å². The molecule has 2 aromatic rings. The van der Waals surface area contributed by atoms with Crippen LogP contribution >= 0.6 is 0 Å². The molecule has 0 spiro atoms. The maximum atomic E-state index is 13.3. The molecule has 1 aliphatic heterocycles. The average molecular weight is 459 g/mol. The first kappa shape index (κ1) is 24.2. The molecule has 1 amide bonds. The van der Waals surface area contributed by atoms with Gasteiger partial charge in [-0.1, -0.05) is 0 Å². The summed E-state index contributed by atoms with van der Waals surface area (Å²) in [6, 6.07) is 5.66. The molecule has 176 valence electrons. The number of carbonyl (C=O) groups excluding carboxylic acids is 1. The summed E-state index contributed by atoms with van der Waals surface area (Å²) in [7, 11) is 1.85. The Morgan fingerprint density at radius 2 is 2.00 bits per heavy atom. The third-order valence-corrected chi connectivity index (χ3v) is 5.53. The van der Waals surface area contributed by atoms with Crippen molar-refractivity contribution in [3.63, 3.8) is 0 Å². The van der Waals surface area contributed by atoms with Gasteiger partial charge in [0.25, 0.3) is 5.91 Å². The van der Waals surface area contributed by atoms with Crippen LogP contribution in [0.15, 0.2) is 53.4 Å². The van der Waals surface area contributed by atoms with E-state index >= 15 is 0 Å². The van der Waals surface area contributed by atoms with Crippen LogP contribution in [0.2, 0.25) is 0 Å². The summed E-state index contributed by atoms with van der Waals surface area (Å²) in [6.45, 7) is 2.81. The van der Waals surface area contributed by atoms with Crippen LogP contribution in [-0.4, -0.2) is 58.8 Å². The van der Waals surface area contributed by atoms with Gasteiger partial charge in [-0.05, 0) is 38.1 Å². The van der Waals surface area contributed by atoms with Crippen molar-refractivity contribution in [2.75, 3.05) is 26.7 Å². The lowest BCUT2D eigenvalue weighted by molar-refractivity contribution is -0.114. The Bertz CT molecular complexity index is 1020. The highest BCUT2D eigenvalue weighted by atomic mass is 19.1. The number of aliphatic imine (C=N–C) groups is 1. The molecule has 2 aromatic heterocycles. The molecule has 0 bridgehead atoms. The van der Waals surface area contributed by atoms with Crippen LogP contribution in [0.5, 0.6) is 0 Å². The van der Waals surface area contributed by atoms with Crippen molar-refractivity contribution < 1.29 is 13.6 Å². The molecular formula is C22H28F2N8O. The number of amides is 1. The molecule has 1 aliphatic rings. The molecular weight excluding hydrogens is 430 g/mol. The fraction of sp³-hybridized carbons (Fsp3) is 0.364. The quantitative estimate of drug-likeness (QED) is 0.190. The number of nitrogens with zero attached hydrogens (tertiary/aromatic N) is 4. The first-order valence-corrected chi connectivity index (χ1v) is 10.5. The maximum Gasteiger partial charge on any atom is 0.253 e. The molecule has 1 fully saturated rings. The highest BCUT2D eigenvalue weighted by Crippen LogP contribution is 2.23. The van der Waals surface area contributed by atoms with Gasteiger partial charge in [-0.25, -0.2) is 14.4 Å². The number of rotatable bonds is 9. The predicted molar refractivity (Wildman–Crippen MR) is 121 cm³/mol. The molecule has 11 heteroatoms. The SMILES string of the molecule is CNCC1(N/C=C(/C(N)=O)C(N)=Nc2ccnc(F)c2)CCN(Cc2ccc(F)cn2)CC1. The normalized spacial score (nSPS) is 17.1. The van der Waals surface area contributed by atoms with Crippen LogP contribution in [0, 0.1) is 11.8 Å². The van der Waals surface area contributed by atoms with Gasteiger partial charge in [-0.15, -0.1) is 0 Å². The average Bonchev–Trinajstić information content (AvgIpc) is 2.77. The number of carbonyl (C=O) groups is 1. The van der Waals surface area contributed by atoms with Crippen LogP contribution in [0.25, 0.3) is 0 Å². The number of nitrogens with two attached hydrogens (primary N) is 2. The van der Waals surface area contributed by atoms with E-state index in [1.807, 2.05) is 7.05 Å². The van der Waals surface area contributed by atoms with Gasteiger partial charge >= 0.3 is 0 Å². The van der Waals surface area contributed by atoms with E-state index in [0.717, 1.165) is 37.7 Å². The van der Waals surface area contributed by atoms with E-state index in [2.05, 4.69) is 30.5 Å². The zero-order valence-electron chi connectivity index (χ0n) is 18.4. The van der Waals surface area contributed by atoms with Gasteiger partial charge in [0.1, 0.15) is 11.7 Å². The molecule has 0 atom stereocenters. The second-order valence-electron chi connectivity index (χ2n) is 7.95. The van der Waals surface area contributed by atoms with Crippen molar-refractivity contribution in [3.8, 4) is 0 Å². The molecule has 0 radical (unpaired) electrons. The topological polar surface area (TPSA) is 135 Å². The molecule has 0 aromatic carbocycles. The van der Waals surface area contributed by atoms with Crippen molar-refractivity contribution >= 4 is 17.4 Å². The summed E-state index contributed by atoms with van der Waals surface area (Å²) < 4.78 is 26.4. The highest BCUT2D eigenvalue weighted by molar-refractivity contribution is 6.20. The van der Waals surface area contributed by atoms with E-state index in [-0.39, 0.29) is 28.5 Å². The standard InChI is InChI=1S/C22H28F2N8O/c1-27-14-22(5-8-32(9-6-22)13-17-3-2-15(23)11-29-17)30-12-18(21(26)33)20(25)31-16-4-7-28-19(24)10-16/h2-4,7,10-12,27,30H,5-6,8-9,13-14H2,1H3,(H2,26,33)(H2,25,28,31)/b18-12+. The summed E-state index contributed by atoms with van der Waals surface area (Å²) in [5.74, 6) is -1.94. The molecule has 3 rings (SSSR count). The number of piperidine rings is 1. The van der Waals surface area contributed by atoms with Crippen molar-refractivity contribution in [2.24, 2.45) is 16.5 Å². The smallest absolute Gasteiger partial charge is 0.253 e. The summed E-state index contributed by atoms with van der Waals surface area (Å²) in [5, 5.41) is 6.51. The lowest BCUT2D eigenvalue weighted by atomic mass is 9.87. The number of likely N-dealkylation sites (N-methyl/N-ethyl adjacent to an activating group) is 1. The predicted octanol–water partition coefficient (Wildman–Crippen LogP) is 0.957. The molecule has 0 aliphatic carbocycles. The number of hydrogen-bond donors (Lipinski definition) is 4. The number of primary amides is 1. The Balaban J connectivity index is 1.70. The number of nitrogens with one attached hydrogen (secondary N) is 2. The van der Waals surface area contributed by atoms with E-state index in [1.165, 1.54) is 30.7 Å². The lowest BCUT2D eigenvalue weighted by Crippen LogP contribution is -2.56. The number of likely N-dealkylation sites (tertiary alicyclic amines) is 1. The minimum atomic E-state index is -0.752. The largest absolute Gasteiger partial charge is 0.383 e. The Morgan fingerprint density at radius 3 is 2.61 bits per heavy atom. The third kappa shape index (κ3) is 6.77. The first-order chi connectivity index (χ1) is 15.8. The first-order valence-electron chi connectivity index (χ1n) is 10.5. The van der Waals surface area contributed by atoms with Crippen molar-refractivity contribution in [3.05, 3.63) is 65.9 Å². The zero-order chi connectivity index (χ0) is 23.8. The Labute approximate surface area is 191 Å². The number of halogens is 2. The van der Waals surface area contributed by atoms with Crippen molar-refractivity contribution in [2.45, 2.75) is 24.9 Å². The molecule has 33 heavy (non-hydrogen) atoms. The Hall–Kier alpha value is -3.44. The molecule has 3 heterocycles. The van der Waals surface area contributed by atoms with Gasteiger partial charge in [0.05, 0.1) is 28.7 Å². The minimum absolute atomic E-state index is 0.000593. The van der Waals surface area contributed by atoms with E-state index in [0.29, 0.717) is 13.1 Å². The van der Waals surface area contributed by atoms with E-state index in [1.54, 1.807) is 6.07 Å². The Morgan fingerprint density at radius 1 is 1.24 bits per heavy atom. The zero-order valence-corrected chi connectivity index (χ0v) is 18.4. The van der Waals surface area contributed by atoms with E-state index < -0.39 is 11.9 Å². The van der Waals surface area contributed by atoms with Crippen LogP contribution in [-0.2, 0) is 11.3 Å². The number of amidine groups is 1. The fourth-order valence-corrected chi connectivity index (χ4v) is 3.74. The number of hydrogen-bond acceptors (Lipinski definition) is 7. The third-order valence-electron chi connectivity index (χ3n) is 5.53. The van der Waals surface area contributed by atoms with E-state index in [4.69, 9.17) is 11.5 Å². The summed E-state index contributed by atoms with van der Waals surface area (Å²) in [4.78, 5) is 25.9.